The van der Waals surface area contributed by atoms with Gasteiger partial charge in [0.15, 0.2) is 5.88 Å². The largest absolute Gasteiger partial charge is 0.477 e. The lowest BCUT2D eigenvalue weighted by atomic mass is 10.2. The van der Waals surface area contributed by atoms with Crippen molar-refractivity contribution in [1.29, 1.82) is 0 Å². The van der Waals surface area contributed by atoms with Crippen LogP contribution in [0.3, 0.4) is 0 Å². The zero-order chi connectivity index (χ0) is 14.4. The number of allylic oxidation sites excluding steroid dienone is 1. The van der Waals surface area contributed by atoms with E-state index in [9.17, 15) is 0 Å². The van der Waals surface area contributed by atoms with Gasteiger partial charge in [-0.05, 0) is 63.6 Å². The van der Waals surface area contributed by atoms with Crippen molar-refractivity contribution < 1.29 is 9.84 Å². The molecule has 1 atom stereocenters. The van der Waals surface area contributed by atoms with Crippen molar-refractivity contribution >= 4 is 0 Å². The Morgan fingerprint density at radius 3 is 2.75 bits per heavy atom. The number of hydrogen-bond donors (Lipinski definition) is 1. The Kier molecular flexibility index (Phi) is 6.17. The van der Waals surface area contributed by atoms with Crippen LogP contribution in [0.2, 0.25) is 0 Å². The number of aliphatic hydroxyl groups excluding tert-OH is 1. The van der Waals surface area contributed by atoms with Crippen LogP contribution in [-0.4, -0.2) is 61.3 Å². The van der Waals surface area contributed by atoms with Crippen molar-refractivity contribution in [3.8, 4) is 0 Å². The monoisotopic (exact) mass is 282 g/mol. The maximum Gasteiger partial charge on any atom is 0.187 e. The van der Waals surface area contributed by atoms with E-state index in [0.29, 0.717) is 12.6 Å². The molecule has 0 bridgehead atoms. The third kappa shape index (κ3) is 4.67. The van der Waals surface area contributed by atoms with Crippen molar-refractivity contribution in [2.45, 2.75) is 51.0 Å². The van der Waals surface area contributed by atoms with Crippen LogP contribution in [0.15, 0.2) is 11.5 Å². The highest BCUT2D eigenvalue weighted by Gasteiger charge is 2.27. The predicted molar refractivity (Wildman–Crippen MR) is 81.4 cm³/mol. The molecule has 2 aliphatic rings. The minimum absolute atomic E-state index is 0.326. The van der Waals surface area contributed by atoms with E-state index in [0.717, 1.165) is 31.9 Å². The van der Waals surface area contributed by atoms with Crippen molar-refractivity contribution in [3.05, 3.63) is 11.5 Å². The zero-order valence-electron chi connectivity index (χ0n) is 13.1. The Morgan fingerprint density at radius 2 is 2.10 bits per heavy atom. The molecule has 0 radical (unpaired) electrons. The molecule has 0 amide bonds. The lowest BCUT2D eigenvalue weighted by molar-refractivity contribution is 0.0847. The Morgan fingerprint density at radius 1 is 1.30 bits per heavy atom. The van der Waals surface area contributed by atoms with Gasteiger partial charge < -0.3 is 14.7 Å². The molecule has 0 unspecified atom stereocenters. The maximum atomic E-state index is 8.82. The number of likely N-dealkylation sites (tertiary alicyclic amines) is 1. The molecule has 4 heteroatoms. The molecule has 1 saturated heterocycles. The van der Waals surface area contributed by atoms with E-state index < -0.39 is 0 Å². The van der Waals surface area contributed by atoms with Gasteiger partial charge in [0.05, 0.1) is 0 Å². The second kappa shape index (κ2) is 7.89. The quantitative estimate of drug-likeness (QED) is 0.519. The fourth-order valence-corrected chi connectivity index (χ4v) is 2.98. The molecule has 2 rings (SSSR count). The summed E-state index contributed by atoms with van der Waals surface area (Å²) in [6.07, 6.45) is 8.24. The second-order valence-corrected chi connectivity index (χ2v) is 6.23. The van der Waals surface area contributed by atoms with Crippen LogP contribution in [0.4, 0.5) is 0 Å². The van der Waals surface area contributed by atoms with Crippen LogP contribution in [0.5, 0.6) is 0 Å². The van der Waals surface area contributed by atoms with Gasteiger partial charge in [-0.3, -0.25) is 4.90 Å². The van der Waals surface area contributed by atoms with Crippen molar-refractivity contribution in [1.82, 2.24) is 9.80 Å². The van der Waals surface area contributed by atoms with Crippen molar-refractivity contribution in [3.63, 3.8) is 0 Å². The summed E-state index contributed by atoms with van der Waals surface area (Å²) in [6, 6.07) is 0.582. The molecule has 4 nitrogen and oxygen atoms in total. The topological polar surface area (TPSA) is 35.9 Å². The SMILES string of the molecule is CN(C)C(OC[C@H]1CCCN1CCCCCO)=C1CC1. The van der Waals surface area contributed by atoms with Gasteiger partial charge in [-0.15, -0.1) is 0 Å². The average molecular weight is 282 g/mol. The fourth-order valence-electron chi connectivity index (χ4n) is 2.98. The molecular weight excluding hydrogens is 252 g/mol. The number of hydrogen-bond acceptors (Lipinski definition) is 4. The van der Waals surface area contributed by atoms with Gasteiger partial charge in [0.1, 0.15) is 6.61 Å². The number of unbranched alkanes of at least 4 members (excludes halogenated alkanes) is 2. The molecule has 1 N–H and O–H groups in total. The maximum absolute atomic E-state index is 8.82. The first-order chi connectivity index (χ1) is 9.72. The lowest BCUT2D eigenvalue weighted by Gasteiger charge is -2.26. The minimum Gasteiger partial charge on any atom is -0.477 e. The van der Waals surface area contributed by atoms with Crippen LogP contribution in [0.25, 0.3) is 0 Å². The van der Waals surface area contributed by atoms with Crippen LogP contribution >= 0.6 is 0 Å². The van der Waals surface area contributed by atoms with Gasteiger partial charge in [-0.25, -0.2) is 0 Å². The molecule has 2 fully saturated rings. The first-order valence-corrected chi connectivity index (χ1v) is 8.09. The van der Waals surface area contributed by atoms with E-state index in [1.54, 1.807) is 0 Å². The molecule has 1 aliphatic heterocycles. The van der Waals surface area contributed by atoms with E-state index in [2.05, 4.69) is 23.9 Å². The molecule has 0 spiro atoms. The van der Waals surface area contributed by atoms with Crippen molar-refractivity contribution in [2.75, 3.05) is 40.4 Å². The first-order valence-electron chi connectivity index (χ1n) is 8.09. The van der Waals surface area contributed by atoms with Gasteiger partial charge in [-0.2, -0.15) is 0 Å². The average Bonchev–Trinajstić information content (AvgIpc) is 3.15. The third-order valence-electron chi connectivity index (χ3n) is 4.22. The molecule has 116 valence electrons. The van der Waals surface area contributed by atoms with Gasteiger partial charge >= 0.3 is 0 Å². The lowest BCUT2D eigenvalue weighted by Crippen LogP contribution is -2.34. The summed E-state index contributed by atoms with van der Waals surface area (Å²) < 4.78 is 6.09. The smallest absolute Gasteiger partial charge is 0.187 e. The zero-order valence-corrected chi connectivity index (χ0v) is 13.1. The highest BCUT2D eigenvalue weighted by atomic mass is 16.5. The Bertz CT molecular complexity index is 322. The molecule has 0 aromatic carbocycles. The van der Waals surface area contributed by atoms with Gasteiger partial charge in [-0.1, -0.05) is 0 Å². The summed E-state index contributed by atoms with van der Waals surface area (Å²) in [6.45, 7) is 3.52. The predicted octanol–water partition coefficient (Wildman–Crippen LogP) is 2.20. The molecule has 20 heavy (non-hydrogen) atoms. The minimum atomic E-state index is 0.326. The van der Waals surface area contributed by atoms with E-state index in [1.165, 1.54) is 44.2 Å². The van der Waals surface area contributed by atoms with Gasteiger partial charge in [0.25, 0.3) is 0 Å². The molecule has 1 aliphatic carbocycles. The summed E-state index contributed by atoms with van der Waals surface area (Å²) >= 11 is 0. The molecule has 1 heterocycles. The molecular formula is C16H30N2O2. The van der Waals surface area contributed by atoms with Crippen LogP contribution < -0.4 is 0 Å². The standard InChI is InChI=1S/C16H30N2O2/c1-17(2)16(14-8-9-14)20-13-15-7-6-11-18(15)10-4-3-5-12-19/h15,19H,3-13H2,1-2H3/t15-/m1/s1. The molecule has 1 saturated carbocycles. The van der Waals surface area contributed by atoms with E-state index in [-0.39, 0.29) is 0 Å². The molecule has 0 aromatic heterocycles. The number of ether oxygens (including phenoxy) is 1. The van der Waals surface area contributed by atoms with Gasteiger partial charge in [0, 0.05) is 26.7 Å². The van der Waals surface area contributed by atoms with E-state index >= 15 is 0 Å². The summed E-state index contributed by atoms with van der Waals surface area (Å²) in [5.74, 6) is 1.11. The highest BCUT2D eigenvalue weighted by Crippen LogP contribution is 2.33. The number of rotatable bonds is 9. The summed E-state index contributed by atoms with van der Waals surface area (Å²) in [7, 11) is 4.14. The summed E-state index contributed by atoms with van der Waals surface area (Å²) in [5, 5.41) is 8.82. The second-order valence-electron chi connectivity index (χ2n) is 6.23. The normalized spacial score (nSPS) is 22.1. The number of nitrogens with zero attached hydrogens (tertiary/aromatic N) is 2. The third-order valence-corrected chi connectivity index (χ3v) is 4.22. The molecule has 0 aromatic rings. The van der Waals surface area contributed by atoms with Crippen LogP contribution in [-0.2, 0) is 4.74 Å². The van der Waals surface area contributed by atoms with Crippen molar-refractivity contribution in [2.24, 2.45) is 0 Å². The van der Waals surface area contributed by atoms with E-state index in [1.807, 2.05) is 0 Å². The van der Waals surface area contributed by atoms with Crippen LogP contribution in [0, 0.1) is 0 Å². The Labute approximate surface area is 123 Å². The van der Waals surface area contributed by atoms with Gasteiger partial charge in [0.2, 0.25) is 0 Å². The summed E-state index contributed by atoms with van der Waals surface area (Å²) in [5.41, 5.74) is 1.47. The van der Waals surface area contributed by atoms with E-state index in [4.69, 9.17) is 9.84 Å². The Balaban J connectivity index is 1.72. The van der Waals surface area contributed by atoms with Crippen LogP contribution in [0.1, 0.15) is 44.9 Å². The summed E-state index contributed by atoms with van der Waals surface area (Å²) in [4.78, 5) is 4.69. The highest BCUT2D eigenvalue weighted by molar-refractivity contribution is 5.20. The first kappa shape index (κ1) is 15.6. The number of aliphatic hydroxyl groups is 1. The fraction of sp³-hybridized carbons (Fsp3) is 0.875. The Hall–Kier alpha value is -0.740.